The molecular weight excluding hydrogens is 265 g/mol. The molecule has 0 fully saturated rings. The summed E-state index contributed by atoms with van der Waals surface area (Å²) in [5.41, 5.74) is 0.909. The fourth-order valence-electron chi connectivity index (χ4n) is 0.933. The van der Waals surface area contributed by atoms with Gasteiger partial charge in [0.2, 0.25) is 0 Å². The molecule has 0 atom stereocenters. The van der Waals surface area contributed by atoms with Crippen LogP contribution >= 0.6 is 27.7 Å². The van der Waals surface area contributed by atoms with Gasteiger partial charge in [0.1, 0.15) is 5.75 Å². The number of benzene rings is 1. The van der Waals surface area contributed by atoms with Crippen molar-refractivity contribution in [2.24, 2.45) is 5.92 Å². The van der Waals surface area contributed by atoms with Gasteiger partial charge in [-0.05, 0) is 24.1 Å². The average Bonchev–Trinajstić information content (AvgIpc) is 2.15. The second kappa shape index (κ2) is 5.47. The lowest BCUT2D eigenvalue weighted by molar-refractivity contribution is 0.271. The molecule has 0 aromatic heterocycles. The first-order valence-corrected chi connectivity index (χ1v) is 5.59. The molecular formula is C10H13BrClNO. The van der Waals surface area contributed by atoms with E-state index in [1.54, 1.807) is 0 Å². The van der Waals surface area contributed by atoms with E-state index in [-0.39, 0.29) is 0 Å². The van der Waals surface area contributed by atoms with Gasteiger partial charge in [0.15, 0.2) is 0 Å². The summed E-state index contributed by atoms with van der Waals surface area (Å²) in [7, 11) is 0. The molecule has 4 heteroatoms. The maximum Gasteiger partial charge on any atom is 0.138 e. The molecule has 1 N–H and O–H groups in total. The van der Waals surface area contributed by atoms with Crippen LogP contribution in [0.4, 0.5) is 5.69 Å². The molecule has 0 saturated carbocycles. The van der Waals surface area contributed by atoms with Gasteiger partial charge >= 0.3 is 0 Å². The Morgan fingerprint density at radius 2 is 2.21 bits per heavy atom. The van der Waals surface area contributed by atoms with Gasteiger partial charge in [0.05, 0.1) is 11.6 Å². The van der Waals surface area contributed by atoms with Crippen LogP contribution in [0.5, 0.6) is 5.75 Å². The average molecular weight is 279 g/mol. The molecule has 0 radical (unpaired) electrons. The number of anilines is 1. The van der Waals surface area contributed by atoms with Crippen LogP contribution in [-0.2, 0) is 0 Å². The normalized spacial score (nSPS) is 10.4. The molecule has 0 heterocycles. The first-order chi connectivity index (χ1) is 6.63. The van der Waals surface area contributed by atoms with Crippen molar-refractivity contribution in [3.63, 3.8) is 0 Å². The Kier molecular flexibility index (Phi) is 4.55. The van der Waals surface area contributed by atoms with Gasteiger partial charge < -0.3 is 9.08 Å². The number of hydrogen-bond acceptors (Lipinski definition) is 2. The van der Waals surface area contributed by atoms with Gasteiger partial charge in [-0.25, -0.2) is 0 Å². The number of hydrogen-bond donors (Lipinski definition) is 1. The fraction of sp³-hybridized carbons (Fsp3) is 0.400. The Balaban J connectivity index is 2.69. The molecule has 0 spiro atoms. The van der Waals surface area contributed by atoms with Crippen LogP contribution in [-0.4, -0.2) is 6.61 Å². The van der Waals surface area contributed by atoms with Gasteiger partial charge in [0, 0.05) is 21.8 Å². The van der Waals surface area contributed by atoms with Crippen LogP contribution in [0.25, 0.3) is 0 Å². The summed E-state index contributed by atoms with van der Waals surface area (Å²) in [5.74, 6) is 1.23. The third-order valence-electron chi connectivity index (χ3n) is 1.61. The van der Waals surface area contributed by atoms with Gasteiger partial charge in [0.25, 0.3) is 0 Å². The lowest BCUT2D eigenvalue weighted by Crippen LogP contribution is -2.04. The number of ether oxygens (including phenoxy) is 1. The molecule has 0 unspecified atom stereocenters. The molecule has 14 heavy (non-hydrogen) atoms. The Labute approximate surface area is 97.9 Å². The summed E-state index contributed by atoms with van der Waals surface area (Å²) in [6.45, 7) is 4.88. The zero-order valence-corrected chi connectivity index (χ0v) is 10.5. The molecule has 78 valence electrons. The third-order valence-corrected chi connectivity index (χ3v) is 2.37. The van der Waals surface area contributed by atoms with Crippen molar-refractivity contribution in [2.45, 2.75) is 13.8 Å². The van der Waals surface area contributed by atoms with Crippen LogP contribution < -0.4 is 9.08 Å². The highest BCUT2D eigenvalue weighted by atomic mass is 79.9. The van der Waals surface area contributed by atoms with Gasteiger partial charge in [-0.1, -0.05) is 25.4 Å². The Morgan fingerprint density at radius 1 is 1.50 bits per heavy atom. The zero-order valence-electron chi connectivity index (χ0n) is 8.18. The molecule has 1 rings (SSSR count). The van der Waals surface area contributed by atoms with E-state index in [0.717, 1.165) is 11.4 Å². The highest BCUT2D eigenvalue weighted by Crippen LogP contribution is 2.28. The summed E-state index contributed by atoms with van der Waals surface area (Å²) < 4.78 is 8.36. The Bertz CT molecular complexity index is 304. The summed E-state index contributed by atoms with van der Waals surface area (Å²) >= 11 is 9.13. The van der Waals surface area contributed by atoms with Crippen LogP contribution in [0, 0.1) is 5.92 Å². The van der Waals surface area contributed by atoms with E-state index in [9.17, 15) is 0 Å². The van der Waals surface area contributed by atoms with E-state index in [1.165, 1.54) is 0 Å². The minimum absolute atomic E-state index is 0.500. The first-order valence-electron chi connectivity index (χ1n) is 4.42. The Hall–Kier alpha value is -0.410. The third kappa shape index (κ3) is 3.39. The van der Waals surface area contributed by atoms with Crippen molar-refractivity contribution in [1.82, 2.24) is 0 Å². The predicted molar refractivity (Wildman–Crippen MR) is 64.3 cm³/mol. The summed E-state index contributed by atoms with van der Waals surface area (Å²) in [4.78, 5) is 0. The van der Waals surface area contributed by atoms with E-state index < -0.39 is 0 Å². The standard InChI is InChI=1S/C10H13BrClNO/c1-7(2)6-14-10-4-3-8(13-11)5-9(10)12/h3-5,7,13H,6H2,1-2H3. The number of halogens is 2. The Morgan fingerprint density at radius 3 is 2.71 bits per heavy atom. The summed E-state index contributed by atoms with van der Waals surface area (Å²) in [5, 5.41) is 0.620. The second-order valence-corrected chi connectivity index (χ2v) is 4.25. The topological polar surface area (TPSA) is 21.3 Å². The minimum atomic E-state index is 0.500. The van der Waals surface area contributed by atoms with E-state index in [2.05, 4.69) is 34.3 Å². The van der Waals surface area contributed by atoms with Crippen LogP contribution in [0.1, 0.15) is 13.8 Å². The molecule has 2 nitrogen and oxygen atoms in total. The van der Waals surface area contributed by atoms with Crippen LogP contribution in [0.2, 0.25) is 5.02 Å². The van der Waals surface area contributed by atoms with E-state index >= 15 is 0 Å². The van der Waals surface area contributed by atoms with Crippen molar-refractivity contribution in [2.75, 3.05) is 10.9 Å². The molecule has 1 aromatic carbocycles. The fourth-order valence-corrected chi connectivity index (χ4v) is 1.41. The highest BCUT2D eigenvalue weighted by Gasteiger charge is 2.03. The van der Waals surface area contributed by atoms with Gasteiger partial charge in [-0.3, -0.25) is 0 Å². The molecule has 0 aliphatic carbocycles. The second-order valence-electron chi connectivity index (χ2n) is 3.44. The molecule has 0 saturated heterocycles. The molecule has 0 aliphatic heterocycles. The SMILES string of the molecule is CC(C)COc1ccc(NBr)cc1Cl. The first kappa shape index (κ1) is 11.7. The lowest BCUT2D eigenvalue weighted by Gasteiger charge is -2.10. The predicted octanol–water partition coefficient (Wildman–Crippen LogP) is 4.10. The van der Waals surface area contributed by atoms with Crippen LogP contribution in [0.3, 0.4) is 0 Å². The smallest absolute Gasteiger partial charge is 0.138 e. The molecule has 0 bridgehead atoms. The zero-order chi connectivity index (χ0) is 10.6. The lowest BCUT2D eigenvalue weighted by atomic mass is 10.2. The summed E-state index contributed by atoms with van der Waals surface area (Å²) in [6, 6.07) is 5.57. The van der Waals surface area contributed by atoms with Crippen molar-refractivity contribution in [3.05, 3.63) is 23.2 Å². The van der Waals surface area contributed by atoms with E-state index in [4.69, 9.17) is 16.3 Å². The number of rotatable bonds is 4. The van der Waals surface area contributed by atoms with Crippen molar-refractivity contribution in [1.29, 1.82) is 0 Å². The molecule has 0 amide bonds. The van der Waals surface area contributed by atoms with Gasteiger partial charge in [-0.15, -0.1) is 0 Å². The van der Waals surface area contributed by atoms with Crippen molar-refractivity contribution < 1.29 is 4.74 Å². The molecule has 0 aliphatic rings. The van der Waals surface area contributed by atoms with E-state index in [0.29, 0.717) is 17.5 Å². The monoisotopic (exact) mass is 277 g/mol. The highest BCUT2D eigenvalue weighted by molar-refractivity contribution is 9.10. The minimum Gasteiger partial charge on any atom is -0.492 e. The van der Waals surface area contributed by atoms with Crippen molar-refractivity contribution in [3.8, 4) is 5.75 Å². The maximum absolute atomic E-state index is 6.01. The summed E-state index contributed by atoms with van der Waals surface area (Å²) in [6.07, 6.45) is 0. The van der Waals surface area contributed by atoms with Crippen LogP contribution in [0.15, 0.2) is 18.2 Å². The maximum atomic E-state index is 6.01. The molecule has 1 aromatic rings. The quantitative estimate of drug-likeness (QED) is 0.837. The van der Waals surface area contributed by atoms with Gasteiger partial charge in [-0.2, -0.15) is 0 Å². The largest absolute Gasteiger partial charge is 0.492 e. The van der Waals surface area contributed by atoms with Crippen molar-refractivity contribution >= 4 is 33.4 Å². The number of nitrogens with one attached hydrogen (secondary N) is 1. The van der Waals surface area contributed by atoms with E-state index in [1.807, 2.05) is 18.2 Å².